The van der Waals surface area contributed by atoms with Gasteiger partial charge in [0.25, 0.3) is 0 Å². The maximum absolute atomic E-state index is 5.11. The Morgan fingerprint density at radius 1 is 1.04 bits per heavy atom. The molecule has 1 heterocycles. The van der Waals surface area contributed by atoms with Crippen LogP contribution in [0.2, 0.25) is 0 Å². The molecule has 1 saturated heterocycles. The molecule has 2 rings (SSSR count). The van der Waals surface area contributed by atoms with Crippen LogP contribution in [-0.2, 0) is 17.8 Å². The second-order valence-corrected chi connectivity index (χ2v) is 6.95. The molecule has 7 heteroatoms. The van der Waals surface area contributed by atoms with Gasteiger partial charge in [-0.3, -0.25) is 4.90 Å². The summed E-state index contributed by atoms with van der Waals surface area (Å²) in [6.45, 7) is 14.3. The molecule has 0 radical (unpaired) electrons. The first-order valence-electron chi connectivity index (χ1n) is 10.3. The predicted molar refractivity (Wildman–Crippen MR) is 129 cm³/mol. The van der Waals surface area contributed by atoms with E-state index in [0.717, 1.165) is 58.3 Å². The Kier molecular flexibility index (Phi) is 13.5. The molecule has 1 aromatic rings. The smallest absolute Gasteiger partial charge is 0.191 e. The molecule has 160 valence electrons. The minimum Gasteiger partial charge on any atom is -0.385 e. The minimum absolute atomic E-state index is 0. The summed E-state index contributed by atoms with van der Waals surface area (Å²) in [7, 11) is 1.73. The minimum atomic E-state index is 0. The number of ether oxygens (including phenoxy) is 1. The van der Waals surface area contributed by atoms with E-state index in [1.54, 1.807) is 7.11 Å². The Bertz CT molecular complexity index is 561. The number of nitrogens with one attached hydrogen (secondary N) is 2. The summed E-state index contributed by atoms with van der Waals surface area (Å²) in [6.07, 6.45) is 0.973. The quantitative estimate of drug-likeness (QED) is 0.223. The summed E-state index contributed by atoms with van der Waals surface area (Å²) in [5, 5.41) is 6.70. The Labute approximate surface area is 188 Å². The molecule has 1 aliphatic rings. The fourth-order valence-electron chi connectivity index (χ4n) is 3.30. The van der Waals surface area contributed by atoms with E-state index in [1.807, 2.05) is 0 Å². The van der Waals surface area contributed by atoms with Gasteiger partial charge >= 0.3 is 0 Å². The summed E-state index contributed by atoms with van der Waals surface area (Å²) in [6, 6.07) is 8.70. The first-order chi connectivity index (χ1) is 13.3. The fraction of sp³-hybridized carbons (Fsp3) is 0.667. The van der Waals surface area contributed by atoms with Crippen molar-refractivity contribution in [2.45, 2.75) is 33.4 Å². The molecule has 0 atom stereocenters. The molecule has 28 heavy (non-hydrogen) atoms. The van der Waals surface area contributed by atoms with Gasteiger partial charge in [0.05, 0.1) is 6.54 Å². The number of nitrogens with zero attached hydrogens (tertiary/aromatic N) is 3. The number of benzene rings is 1. The Hall–Kier alpha value is -0.900. The number of halogens is 1. The average Bonchev–Trinajstić information content (AvgIpc) is 2.71. The normalized spacial score (nSPS) is 15.9. The number of methoxy groups -OCH3 is 1. The summed E-state index contributed by atoms with van der Waals surface area (Å²) in [5.74, 6) is 0.875. The fourth-order valence-corrected chi connectivity index (χ4v) is 3.30. The van der Waals surface area contributed by atoms with E-state index in [-0.39, 0.29) is 24.0 Å². The van der Waals surface area contributed by atoms with Crippen molar-refractivity contribution in [3.63, 3.8) is 0 Å². The van der Waals surface area contributed by atoms with Crippen LogP contribution in [0.15, 0.2) is 29.3 Å². The molecule has 0 bridgehead atoms. The lowest BCUT2D eigenvalue weighted by Gasteiger charge is -2.34. The third kappa shape index (κ3) is 9.07. The first-order valence-corrected chi connectivity index (χ1v) is 10.3. The van der Waals surface area contributed by atoms with E-state index in [1.165, 1.54) is 24.2 Å². The summed E-state index contributed by atoms with van der Waals surface area (Å²) in [4.78, 5) is 9.86. The van der Waals surface area contributed by atoms with Crippen molar-refractivity contribution < 1.29 is 4.74 Å². The van der Waals surface area contributed by atoms with E-state index in [2.05, 4.69) is 58.5 Å². The maximum atomic E-state index is 5.11. The van der Waals surface area contributed by atoms with Gasteiger partial charge in [0.15, 0.2) is 5.96 Å². The maximum Gasteiger partial charge on any atom is 0.191 e. The van der Waals surface area contributed by atoms with Crippen LogP contribution in [0.3, 0.4) is 0 Å². The zero-order chi connectivity index (χ0) is 19.3. The molecular formula is C21H38IN5O. The second kappa shape index (κ2) is 15.0. The lowest BCUT2D eigenvalue weighted by Crippen LogP contribution is -2.45. The van der Waals surface area contributed by atoms with Crippen LogP contribution >= 0.6 is 24.0 Å². The van der Waals surface area contributed by atoms with E-state index in [0.29, 0.717) is 6.54 Å². The van der Waals surface area contributed by atoms with Gasteiger partial charge in [-0.15, -0.1) is 24.0 Å². The Morgan fingerprint density at radius 2 is 1.71 bits per heavy atom. The number of piperazine rings is 1. The van der Waals surface area contributed by atoms with Gasteiger partial charge in [0, 0.05) is 59.5 Å². The molecule has 0 amide bonds. The van der Waals surface area contributed by atoms with Crippen LogP contribution in [0.1, 0.15) is 31.4 Å². The number of hydrogen-bond donors (Lipinski definition) is 2. The molecule has 0 saturated carbocycles. The third-order valence-corrected chi connectivity index (χ3v) is 4.99. The average molecular weight is 503 g/mol. The van der Waals surface area contributed by atoms with E-state index in [4.69, 9.17) is 9.73 Å². The molecule has 1 aliphatic heterocycles. The van der Waals surface area contributed by atoms with Crippen molar-refractivity contribution in [3.05, 3.63) is 35.4 Å². The lowest BCUT2D eigenvalue weighted by atomic mass is 10.1. The van der Waals surface area contributed by atoms with Crippen LogP contribution in [-0.4, -0.2) is 75.3 Å². The SMILES string of the molecule is CCNC(=NCc1ccccc1CN1CCN(CC)CC1)NCCCOC.I. The van der Waals surface area contributed by atoms with E-state index >= 15 is 0 Å². The Balaban J connectivity index is 0.00000392. The summed E-state index contributed by atoms with van der Waals surface area (Å²) in [5.41, 5.74) is 2.70. The molecule has 6 nitrogen and oxygen atoms in total. The van der Waals surface area contributed by atoms with E-state index in [9.17, 15) is 0 Å². The molecule has 2 N–H and O–H groups in total. The van der Waals surface area contributed by atoms with Gasteiger partial charge < -0.3 is 20.3 Å². The molecular weight excluding hydrogens is 465 g/mol. The summed E-state index contributed by atoms with van der Waals surface area (Å²) < 4.78 is 5.11. The number of aliphatic imine (C=N–C) groups is 1. The van der Waals surface area contributed by atoms with Crippen LogP contribution in [0.4, 0.5) is 0 Å². The summed E-state index contributed by atoms with van der Waals surface area (Å²) >= 11 is 0. The number of likely N-dealkylation sites (N-methyl/N-ethyl adjacent to an activating group) is 1. The monoisotopic (exact) mass is 503 g/mol. The molecule has 1 aromatic carbocycles. The molecule has 0 spiro atoms. The van der Waals surface area contributed by atoms with Gasteiger partial charge in [-0.1, -0.05) is 31.2 Å². The molecule has 0 aliphatic carbocycles. The predicted octanol–water partition coefficient (Wildman–Crippen LogP) is 2.53. The number of rotatable bonds is 10. The molecule has 0 unspecified atom stereocenters. The van der Waals surface area contributed by atoms with Crippen molar-refractivity contribution >= 4 is 29.9 Å². The third-order valence-electron chi connectivity index (χ3n) is 4.99. The van der Waals surface area contributed by atoms with Crippen LogP contribution in [0.5, 0.6) is 0 Å². The van der Waals surface area contributed by atoms with E-state index < -0.39 is 0 Å². The zero-order valence-electron chi connectivity index (χ0n) is 17.7. The van der Waals surface area contributed by atoms with Gasteiger partial charge in [-0.25, -0.2) is 4.99 Å². The topological polar surface area (TPSA) is 52.1 Å². The standard InChI is InChI=1S/C21H37N5O.HI/c1-4-22-21(23-11-8-16-27-3)24-17-19-9-6-7-10-20(19)18-26-14-12-25(5-2)13-15-26;/h6-7,9-10H,4-5,8,11-18H2,1-3H3,(H2,22,23,24);1H. The van der Waals surface area contributed by atoms with Crippen LogP contribution in [0.25, 0.3) is 0 Å². The largest absolute Gasteiger partial charge is 0.385 e. The van der Waals surface area contributed by atoms with Crippen molar-refractivity contribution in [2.75, 3.05) is 59.5 Å². The van der Waals surface area contributed by atoms with Crippen molar-refractivity contribution in [3.8, 4) is 0 Å². The van der Waals surface area contributed by atoms with Crippen molar-refractivity contribution in [1.82, 2.24) is 20.4 Å². The second-order valence-electron chi connectivity index (χ2n) is 6.95. The van der Waals surface area contributed by atoms with Gasteiger partial charge in [-0.2, -0.15) is 0 Å². The highest BCUT2D eigenvalue weighted by Crippen LogP contribution is 2.14. The molecule has 0 aromatic heterocycles. The van der Waals surface area contributed by atoms with Gasteiger partial charge in [0.2, 0.25) is 0 Å². The highest BCUT2D eigenvalue weighted by atomic mass is 127. The number of hydrogen-bond acceptors (Lipinski definition) is 4. The van der Waals surface area contributed by atoms with Gasteiger partial charge in [0.1, 0.15) is 0 Å². The number of guanidine groups is 1. The van der Waals surface area contributed by atoms with Gasteiger partial charge in [-0.05, 0) is 31.0 Å². The highest BCUT2D eigenvalue weighted by Gasteiger charge is 2.16. The lowest BCUT2D eigenvalue weighted by molar-refractivity contribution is 0.131. The van der Waals surface area contributed by atoms with Crippen LogP contribution < -0.4 is 10.6 Å². The van der Waals surface area contributed by atoms with Crippen LogP contribution in [0, 0.1) is 0 Å². The highest BCUT2D eigenvalue weighted by molar-refractivity contribution is 14.0. The first kappa shape index (κ1) is 25.1. The Morgan fingerprint density at radius 3 is 2.36 bits per heavy atom. The van der Waals surface area contributed by atoms with Crippen molar-refractivity contribution in [2.24, 2.45) is 4.99 Å². The zero-order valence-corrected chi connectivity index (χ0v) is 20.1. The van der Waals surface area contributed by atoms with Crippen molar-refractivity contribution in [1.29, 1.82) is 0 Å². The molecule has 1 fully saturated rings.